The van der Waals surface area contributed by atoms with Gasteiger partial charge in [-0.25, -0.2) is 4.98 Å². The summed E-state index contributed by atoms with van der Waals surface area (Å²) in [5.74, 6) is 1.05. The fourth-order valence-corrected chi connectivity index (χ4v) is 11.0. The SMILES string of the molecule is COc1cc(N2CCC(N3CCN(C(=O)CCSc4ccc5c(c4)CN(C4CCC(=O)NC4=O)C5=O)CC3)CC2)ccc1Nc1ncc(Cl)c(Nc2ccccc2P(=O)(OC)OC)n1. The number of nitrogens with one attached hydrogen (secondary N) is 3. The lowest BCUT2D eigenvalue weighted by Gasteiger charge is -2.43. The number of piperidine rings is 2. The molecule has 4 amide bonds. The second-order valence-electron chi connectivity index (χ2n) is 15.9. The predicted octanol–water partition coefficient (Wildman–Crippen LogP) is 5.79. The molecule has 17 nitrogen and oxygen atoms in total. The molecule has 0 aliphatic carbocycles. The number of carbonyl (C=O) groups is 4. The smallest absolute Gasteiger partial charge is 0.362 e. The maximum atomic E-state index is 13.2. The van der Waals surface area contributed by atoms with Crippen molar-refractivity contribution in [3.63, 3.8) is 0 Å². The highest BCUT2D eigenvalue weighted by Crippen LogP contribution is 2.47. The molecule has 338 valence electrons. The van der Waals surface area contributed by atoms with Crippen LogP contribution in [0.1, 0.15) is 48.0 Å². The Balaban J connectivity index is 0.787. The first-order chi connectivity index (χ1) is 31.0. The van der Waals surface area contributed by atoms with Crippen LogP contribution in [0.15, 0.2) is 71.8 Å². The molecule has 20 heteroatoms. The first kappa shape index (κ1) is 45.3. The van der Waals surface area contributed by atoms with Crippen LogP contribution in [0, 0.1) is 0 Å². The number of fused-ring (bicyclic) bond motifs is 1. The predicted molar refractivity (Wildman–Crippen MR) is 246 cm³/mol. The quantitative estimate of drug-likeness (QED) is 0.0738. The number of piperazine rings is 1. The molecule has 8 rings (SSSR count). The van der Waals surface area contributed by atoms with Crippen LogP contribution in [0.5, 0.6) is 5.75 Å². The Morgan fingerprint density at radius 3 is 2.42 bits per heavy atom. The second-order valence-corrected chi connectivity index (χ2v) is 19.6. The number of para-hydroxylation sites is 1. The average Bonchev–Trinajstić information content (AvgIpc) is 3.64. The van der Waals surface area contributed by atoms with Crippen molar-refractivity contribution in [2.45, 2.75) is 55.6 Å². The van der Waals surface area contributed by atoms with Gasteiger partial charge in [-0.15, -0.1) is 11.8 Å². The number of rotatable bonds is 15. The van der Waals surface area contributed by atoms with Crippen LogP contribution in [0.4, 0.5) is 28.8 Å². The molecule has 1 unspecified atom stereocenters. The summed E-state index contributed by atoms with van der Waals surface area (Å²) in [7, 11) is 0.704. The highest BCUT2D eigenvalue weighted by Gasteiger charge is 2.39. The van der Waals surface area contributed by atoms with Crippen molar-refractivity contribution in [3.05, 3.63) is 83.0 Å². The molecule has 0 radical (unpaired) electrons. The largest absolute Gasteiger partial charge is 0.494 e. The minimum Gasteiger partial charge on any atom is -0.494 e. The van der Waals surface area contributed by atoms with E-state index in [1.165, 1.54) is 20.4 Å². The van der Waals surface area contributed by atoms with Gasteiger partial charge in [0.2, 0.25) is 23.7 Å². The van der Waals surface area contributed by atoms with Crippen molar-refractivity contribution < 1.29 is 37.5 Å². The molecule has 1 aromatic heterocycles. The van der Waals surface area contributed by atoms with Crippen molar-refractivity contribution in [1.82, 2.24) is 30.0 Å². The Kier molecular flexibility index (Phi) is 14.1. The highest BCUT2D eigenvalue weighted by molar-refractivity contribution is 7.99. The number of nitrogens with zero attached hydrogens (tertiary/aromatic N) is 6. The van der Waals surface area contributed by atoms with Gasteiger partial charge in [-0.1, -0.05) is 23.7 Å². The third-order valence-corrected chi connectivity index (χ3v) is 15.4. The minimum atomic E-state index is -3.57. The summed E-state index contributed by atoms with van der Waals surface area (Å²) in [5.41, 5.74) is 3.63. The molecule has 3 saturated heterocycles. The van der Waals surface area contributed by atoms with E-state index in [0.29, 0.717) is 78.1 Å². The van der Waals surface area contributed by atoms with Gasteiger partial charge < -0.3 is 39.1 Å². The van der Waals surface area contributed by atoms with E-state index in [9.17, 15) is 23.7 Å². The van der Waals surface area contributed by atoms with Gasteiger partial charge in [-0.05, 0) is 67.3 Å². The molecule has 4 aliphatic rings. The molecule has 64 heavy (non-hydrogen) atoms. The molecule has 1 atom stereocenters. The second kappa shape index (κ2) is 19.9. The molecule has 5 heterocycles. The monoisotopic (exact) mass is 931 g/mol. The Bertz CT molecular complexity index is 2460. The van der Waals surface area contributed by atoms with E-state index >= 15 is 0 Å². The molecule has 4 aromatic rings. The number of amides is 4. The first-order valence-electron chi connectivity index (χ1n) is 21.2. The van der Waals surface area contributed by atoms with Crippen molar-refractivity contribution in [2.75, 3.05) is 81.9 Å². The third-order valence-electron chi connectivity index (χ3n) is 12.2. The number of benzene rings is 3. The fourth-order valence-electron chi connectivity index (χ4n) is 8.71. The Morgan fingerprint density at radius 1 is 0.922 bits per heavy atom. The van der Waals surface area contributed by atoms with Gasteiger partial charge >= 0.3 is 7.60 Å². The maximum absolute atomic E-state index is 13.2. The van der Waals surface area contributed by atoms with E-state index in [1.54, 1.807) is 54.1 Å². The van der Waals surface area contributed by atoms with Crippen LogP contribution in [0.25, 0.3) is 0 Å². The van der Waals surface area contributed by atoms with Crippen LogP contribution in [0.2, 0.25) is 5.02 Å². The summed E-state index contributed by atoms with van der Waals surface area (Å²) in [5, 5.41) is 9.33. The van der Waals surface area contributed by atoms with Crippen molar-refractivity contribution in [3.8, 4) is 5.75 Å². The molecule has 3 aromatic carbocycles. The first-order valence-corrected chi connectivity index (χ1v) is 24.1. The number of thioether (sulfide) groups is 1. The molecule has 0 bridgehead atoms. The van der Waals surface area contributed by atoms with Gasteiger partial charge in [0.25, 0.3) is 5.91 Å². The van der Waals surface area contributed by atoms with Crippen molar-refractivity contribution in [2.24, 2.45) is 0 Å². The summed E-state index contributed by atoms with van der Waals surface area (Å²) < 4.78 is 29.4. The highest BCUT2D eigenvalue weighted by atomic mass is 35.5. The fraction of sp³-hybridized carbons (Fsp3) is 0.409. The zero-order chi connectivity index (χ0) is 45.0. The van der Waals surface area contributed by atoms with E-state index in [1.807, 2.05) is 29.2 Å². The van der Waals surface area contributed by atoms with Crippen LogP contribution in [0.3, 0.4) is 0 Å². The lowest BCUT2D eigenvalue weighted by molar-refractivity contribution is -0.137. The molecule has 0 saturated carbocycles. The number of halogens is 1. The van der Waals surface area contributed by atoms with Gasteiger partial charge in [0, 0.05) is 107 Å². The summed E-state index contributed by atoms with van der Waals surface area (Å²) in [6.07, 6.45) is 4.46. The van der Waals surface area contributed by atoms with E-state index in [2.05, 4.69) is 41.8 Å². The number of hydrogen-bond donors (Lipinski definition) is 3. The normalized spacial score (nSPS) is 18.5. The topological polar surface area (TPSA) is 188 Å². The lowest BCUT2D eigenvalue weighted by Crippen LogP contribution is -2.54. The number of ether oxygens (including phenoxy) is 1. The van der Waals surface area contributed by atoms with Gasteiger partial charge in [0.1, 0.15) is 16.8 Å². The summed E-state index contributed by atoms with van der Waals surface area (Å²) in [6.45, 7) is 5.21. The van der Waals surface area contributed by atoms with Crippen LogP contribution < -0.4 is 30.9 Å². The van der Waals surface area contributed by atoms with Crippen LogP contribution in [-0.2, 0) is 34.5 Å². The van der Waals surface area contributed by atoms with E-state index in [-0.39, 0.29) is 35.1 Å². The number of imide groups is 1. The summed E-state index contributed by atoms with van der Waals surface area (Å²) in [4.78, 5) is 68.6. The molecule has 3 N–H and O–H groups in total. The van der Waals surface area contributed by atoms with Crippen molar-refractivity contribution >= 4 is 88.7 Å². The standard InChI is InChI=1S/C44H51ClN9O8PS/c1-60-37-25-30(8-11-34(37)48-44-46-26-33(45)41(50-44)47-35-6-4-5-7-38(35)63(59,61-2)62-3)51-17-14-29(15-18-51)52-19-21-53(22-20-52)40(56)16-23-64-31-9-10-32-28(24-31)27-54(43(32)58)36-12-13-39(55)49-42(36)57/h4-11,24-26,29,36H,12-23,27H2,1-3H3,(H,49,55,57)(H2,46,47,48,50). The molecular weight excluding hydrogens is 881 g/mol. The minimum absolute atomic E-state index is 0.151. The third kappa shape index (κ3) is 9.87. The van der Waals surface area contributed by atoms with Crippen LogP contribution >= 0.6 is 31.0 Å². The number of anilines is 5. The van der Waals surface area contributed by atoms with Gasteiger partial charge in [-0.2, -0.15) is 4.98 Å². The van der Waals surface area contributed by atoms with Gasteiger partial charge in [0.15, 0.2) is 5.82 Å². The number of hydrogen-bond acceptors (Lipinski definition) is 15. The molecule has 0 spiro atoms. The van der Waals surface area contributed by atoms with E-state index in [0.717, 1.165) is 55.2 Å². The number of carbonyl (C=O) groups excluding carboxylic acids is 4. The molecular formula is C44H51ClN9O8PS. The molecule has 4 aliphatic heterocycles. The average molecular weight is 932 g/mol. The Hall–Kier alpha value is -5.23. The lowest BCUT2D eigenvalue weighted by atomic mass is 10.0. The number of methoxy groups -OCH3 is 1. The zero-order valence-corrected chi connectivity index (χ0v) is 38.3. The Labute approximate surface area is 381 Å². The van der Waals surface area contributed by atoms with E-state index in [4.69, 9.17) is 25.4 Å². The van der Waals surface area contributed by atoms with Gasteiger partial charge in [-0.3, -0.25) is 34.0 Å². The Morgan fingerprint density at radius 2 is 1.69 bits per heavy atom. The van der Waals surface area contributed by atoms with Gasteiger partial charge in [0.05, 0.1) is 30.0 Å². The van der Waals surface area contributed by atoms with Crippen molar-refractivity contribution in [1.29, 1.82) is 0 Å². The van der Waals surface area contributed by atoms with Crippen LogP contribution in [-0.4, -0.2) is 127 Å². The number of aromatic nitrogens is 2. The molecule has 3 fully saturated rings. The maximum Gasteiger partial charge on any atom is 0.362 e. The summed E-state index contributed by atoms with van der Waals surface area (Å²) in [6, 6.07) is 18.4. The zero-order valence-electron chi connectivity index (χ0n) is 35.9. The summed E-state index contributed by atoms with van der Waals surface area (Å²) >= 11 is 8.08. The van der Waals surface area contributed by atoms with E-state index < -0.39 is 19.5 Å².